The summed E-state index contributed by atoms with van der Waals surface area (Å²) < 4.78 is 15.0. The molecule has 7 heteroatoms. The maximum atomic E-state index is 15.0. The van der Waals surface area contributed by atoms with Crippen LogP contribution in [0.3, 0.4) is 0 Å². The molecule has 0 fully saturated rings. The Hall–Kier alpha value is -4.52. The van der Waals surface area contributed by atoms with Crippen molar-refractivity contribution >= 4 is 39.7 Å². The highest BCUT2D eigenvalue weighted by Crippen LogP contribution is 2.39. The Morgan fingerprint density at radius 3 is 2.50 bits per heavy atom. The fraction of sp³-hybridized carbons (Fsp3) is 0.138. The number of hydrogen-bond donors (Lipinski definition) is 1. The molecule has 4 aromatic carbocycles. The number of halogens is 1. The standard InChI is InChI=1S/C29H23FN4O2/c1-33-15-16-34-26-22(10-6-12-24(26)33)25(21-9-4-5-11-23(21)30)31-27(29(34)36)32-28(35)20-14-13-18-7-2-3-8-19(18)17-20/h2-14,17,27H,15-16H2,1H3,(H,32,35). The Morgan fingerprint density at radius 2 is 1.67 bits per heavy atom. The zero-order valence-electron chi connectivity index (χ0n) is 19.6. The third kappa shape index (κ3) is 3.60. The van der Waals surface area contributed by atoms with Gasteiger partial charge in [0.05, 0.1) is 17.1 Å². The summed E-state index contributed by atoms with van der Waals surface area (Å²) in [4.78, 5) is 35.5. The van der Waals surface area contributed by atoms with Crippen LogP contribution in [0.2, 0.25) is 0 Å². The summed E-state index contributed by atoms with van der Waals surface area (Å²) in [7, 11) is 1.96. The van der Waals surface area contributed by atoms with E-state index in [1.807, 2.05) is 55.6 Å². The number of likely N-dealkylation sites (N-methyl/N-ethyl adjacent to an activating group) is 1. The zero-order chi connectivity index (χ0) is 24.8. The summed E-state index contributed by atoms with van der Waals surface area (Å²) in [5, 5.41) is 4.74. The Bertz CT molecular complexity index is 1560. The first-order chi connectivity index (χ1) is 17.5. The molecule has 0 saturated heterocycles. The van der Waals surface area contributed by atoms with E-state index in [0.29, 0.717) is 35.6 Å². The number of nitrogens with one attached hydrogen (secondary N) is 1. The SMILES string of the molecule is CN1CCN2C(=O)C(NC(=O)c3ccc4ccccc4c3)N=C(c3ccccc3F)c3cccc1c32. The Morgan fingerprint density at radius 1 is 0.917 bits per heavy atom. The second kappa shape index (κ2) is 8.61. The first-order valence-corrected chi connectivity index (χ1v) is 11.8. The molecule has 6 nitrogen and oxygen atoms in total. The van der Waals surface area contributed by atoms with Crippen LogP contribution in [0.15, 0.2) is 89.9 Å². The summed E-state index contributed by atoms with van der Waals surface area (Å²) in [6.07, 6.45) is -1.21. The molecule has 1 N–H and O–H groups in total. The molecule has 0 spiro atoms. The molecule has 178 valence electrons. The number of carbonyl (C=O) groups is 2. The lowest BCUT2D eigenvalue weighted by atomic mass is 9.97. The van der Waals surface area contributed by atoms with Crippen LogP contribution in [-0.4, -0.2) is 43.8 Å². The number of amides is 2. The van der Waals surface area contributed by atoms with E-state index < -0.39 is 17.9 Å². The third-order valence-corrected chi connectivity index (χ3v) is 6.78. The van der Waals surface area contributed by atoms with Crippen LogP contribution in [0.4, 0.5) is 15.8 Å². The van der Waals surface area contributed by atoms with E-state index in [4.69, 9.17) is 0 Å². The number of carbonyl (C=O) groups excluding carboxylic acids is 2. The summed E-state index contributed by atoms with van der Waals surface area (Å²) in [5.41, 5.74) is 3.22. The molecule has 36 heavy (non-hydrogen) atoms. The normalized spacial score (nSPS) is 16.9. The topological polar surface area (TPSA) is 65.0 Å². The van der Waals surface area contributed by atoms with Crippen molar-refractivity contribution in [2.75, 3.05) is 29.9 Å². The van der Waals surface area contributed by atoms with Crippen molar-refractivity contribution < 1.29 is 14.0 Å². The second-order valence-corrected chi connectivity index (χ2v) is 8.98. The molecule has 2 amide bonds. The van der Waals surface area contributed by atoms with Gasteiger partial charge in [-0.1, -0.05) is 54.6 Å². The lowest BCUT2D eigenvalue weighted by Crippen LogP contribution is -2.51. The molecular formula is C29H23FN4O2. The zero-order valence-corrected chi connectivity index (χ0v) is 19.6. The summed E-state index contributed by atoms with van der Waals surface area (Å²) >= 11 is 0. The van der Waals surface area contributed by atoms with E-state index in [0.717, 1.165) is 16.5 Å². The Kier molecular flexibility index (Phi) is 5.25. The van der Waals surface area contributed by atoms with E-state index in [1.54, 1.807) is 35.2 Å². The molecule has 4 aromatic rings. The lowest BCUT2D eigenvalue weighted by molar-refractivity contribution is -0.120. The van der Waals surface area contributed by atoms with Gasteiger partial charge in [-0.3, -0.25) is 9.59 Å². The molecule has 2 aliphatic heterocycles. The van der Waals surface area contributed by atoms with E-state index in [2.05, 4.69) is 15.2 Å². The van der Waals surface area contributed by atoms with Gasteiger partial charge in [0, 0.05) is 36.8 Å². The quantitative estimate of drug-likeness (QED) is 0.476. The van der Waals surface area contributed by atoms with E-state index in [9.17, 15) is 14.0 Å². The largest absolute Gasteiger partial charge is 0.371 e. The van der Waals surface area contributed by atoms with E-state index >= 15 is 0 Å². The van der Waals surface area contributed by atoms with Crippen molar-refractivity contribution in [3.05, 3.63) is 107 Å². The van der Waals surface area contributed by atoms with Crippen molar-refractivity contribution in [1.82, 2.24) is 5.32 Å². The number of aliphatic imine (C=N–C) groups is 1. The number of nitrogens with zero attached hydrogens (tertiary/aromatic N) is 3. The molecule has 0 radical (unpaired) electrons. The average Bonchev–Trinajstić information content (AvgIpc) is 3.01. The Labute approximate surface area is 207 Å². The summed E-state index contributed by atoms with van der Waals surface area (Å²) in [5.74, 6) is -1.22. The van der Waals surface area contributed by atoms with Gasteiger partial charge in [-0.25, -0.2) is 9.38 Å². The Balaban J connectivity index is 1.46. The van der Waals surface area contributed by atoms with Gasteiger partial charge in [0.15, 0.2) is 0 Å². The minimum atomic E-state index is -1.21. The minimum Gasteiger partial charge on any atom is -0.371 e. The molecular weight excluding hydrogens is 455 g/mol. The van der Waals surface area contributed by atoms with Crippen LogP contribution in [0, 0.1) is 5.82 Å². The van der Waals surface area contributed by atoms with Gasteiger partial charge in [0.25, 0.3) is 11.8 Å². The number of anilines is 2. The van der Waals surface area contributed by atoms with Gasteiger partial charge >= 0.3 is 0 Å². The highest BCUT2D eigenvalue weighted by Gasteiger charge is 2.37. The first kappa shape index (κ1) is 22.0. The van der Waals surface area contributed by atoms with Gasteiger partial charge in [0.1, 0.15) is 5.82 Å². The van der Waals surface area contributed by atoms with Crippen LogP contribution < -0.4 is 15.1 Å². The van der Waals surface area contributed by atoms with Crippen LogP contribution in [-0.2, 0) is 4.79 Å². The average molecular weight is 479 g/mol. The molecule has 2 aliphatic rings. The molecule has 2 heterocycles. The van der Waals surface area contributed by atoms with Crippen LogP contribution >= 0.6 is 0 Å². The number of para-hydroxylation sites is 1. The molecule has 0 aliphatic carbocycles. The maximum Gasteiger partial charge on any atom is 0.272 e. The predicted molar refractivity (Wildman–Crippen MR) is 139 cm³/mol. The summed E-state index contributed by atoms with van der Waals surface area (Å²) in [6, 6.07) is 25.1. The smallest absolute Gasteiger partial charge is 0.272 e. The monoisotopic (exact) mass is 478 g/mol. The van der Waals surface area contributed by atoms with Crippen molar-refractivity contribution in [2.45, 2.75) is 6.17 Å². The van der Waals surface area contributed by atoms with Crippen LogP contribution in [0.25, 0.3) is 10.8 Å². The first-order valence-electron chi connectivity index (χ1n) is 11.8. The minimum absolute atomic E-state index is 0.277. The molecule has 0 aromatic heterocycles. The van der Waals surface area contributed by atoms with Gasteiger partial charge in [0.2, 0.25) is 6.17 Å². The van der Waals surface area contributed by atoms with Gasteiger partial charge in [-0.2, -0.15) is 0 Å². The van der Waals surface area contributed by atoms with Gasteiger partial charge < -0.3 is 15.1 Å². The van der Waals surface area contributed by atoms with Crippen molar-refractivity contribution in [3.63, 3.8) is 0 Å². The highest BCUT2D eigenvalue weighted by atomic mass is 19.1. The molecule has 0 saturated carbocycles. The van der Waals surface area contributed by atoms with Crippen LogP contribution in [0.1, 0.15) is 21.5 Å². The third-order valence-electron chi connectivity index (χ3n) is 6.78. The fourth-order valence-electron chi connectivity index (χ4n) is 4.92. The number of benzene rings is 4. The summed E-state index contributed by atoms with van der Waals surface area (Å²) in [6.45, 7) is 1.06. The lowest BCUT2D eigenvalue weighted by Gasteiger charge is -2.36. The second-order valence-electron chi connectivity index (χ2n) is 8.98. The van der Waals surface area contributed by atoms with Gasteiger partial charge in [-0.05, 0) is 41.1 Å². The van der Waals surface area contributed by atoms with E-state index in [-0.39, 0.29) is 11.5 Å². The molecule has 1 unspecified atom stereocenters. The maximum absolute atomic E-state index is 15.0. The van der Waals surface area contributed by atoms with Crippen molar-refractivity contribution in [3.8, 4) is 0 Å². The highest BCUT2D eigenvalue weighted by molar-refractivity contribution is 6.22. The number of hydrogen-bond acceptors (Lipinski definition) is 4. The van der Waals surface area contributed by atoms with Gasteiger partial charge in [-0.15, -0.1) is 0 Å². The molecule has 6 rings (SSSR count). The van der Waals surface area contributed by atoms with E-state index in [1.165, 1.54) is 6.07 Å². The predicted octanol–water partition coefficient (Wildman–Crippen LogP) is 4.37. The number of rotatable bonds is 3. The van der Waals surface area contributed by atoms with Crippen LogP contribution in [0.5, 0.6) is 0 Å². The molecule has 1 atom stereocenters. The van der Waals surface area contributed by atoms with Crippen molar-refractivity contribution in [1.29, 1.82) is 0 Å². The molecule has 0 bridgehead atoms. The number of fused-ring (bicyclic) bond motifs is 1. The fourth-order valence-corrected chi connectivity index (χ4v) is 4.92. The van der Waals surface area contributed by atoms with Crippen molar-refractivity contribution in [2.24, 2.45) is 4.99 Å².